The number of carbonyl (C=O) groups is 2. The van der Waals surface area contributed by atoms with Crippen molar-refractivity contribution in [2.45, 2.75) is 0 Å². The summed E-state index contributed by atoms with van der Waals surface area (Å²) in [6.45, 7) is 0. The normalized spacial score (nSPS) is 9.88. The Kier molecular flexibility index (Phi) is 2.82. The SMILES string of the molecule is O=C(O)c1ccc(NC(=O)c2cnc[nH]2)cn1. The average molecular weight is 232 g/mol. The highest BCUT2D eigenvalue weighted by Crippen LogP contribution is 2.07. The monoisotopic (exact) mass is 232 g/mol. The van der Waals surface area contributed by atoms with Crippen molar-refractivity contribution in [3.63, 3.8) is 0 Å². The average Bonchev–Trinajstić information content (AvgIpc) is 2.83. The van der Waals surface area contributed by atoms with Gasteiger partial charge in [-0.2, -0.15) is 0 Å². The second-order valence-corrected chi connectivity index (χ2v) is 3.16. The van der Waals surface area contributed by atoms with E-state index in [1.165, 1.54) is 30.9 Å². The van der Waals surface area contributed by atoms with E-state index in [-0.39, 0.29) is 11.6 Å². The number of hydrogen-bond acceptors (Lipinski definition) is 4. The van der Waals surface area contributed by atoms with Gasteiger partial charge in [-0.3, -0.25) is 4.79 Å². The number of pyridine rings is 1. The molecule has 2 aromatic rings. The van der Waals surface area contributed by atoms with Crippen LogP contribution in [0.4, 0.5) is 5.69 Å². The number of aromatic amines is 1. The van der Waals surface area contributed by atoms with Gasteiger partial charge >= 0.3 is 5.97 Å². The van der Waals surface area contributed by atoms with Crippen molar-refractivity contribution in [1.82, 2.24) is 15.0 Å². The van der Waals surface area contributed by atoms with Gasteiger partial charge in [-0.25, -0.2) is 14.8 Å². The van der Waals surface area contributed by atoms with E-state index in [0.29, 0.717) is 11.4 Å². The number of nitrogens with zero attached hydrogens (tertiary/aromatic N) is 2. The van der Waals surface area contributed by atoms with E-state index in [0.717, 1.165) is 0 Å². The van der Waals surface area contributed by atoms with E-state index in [4.69, 9.17) is 5.11 Å². The molecule has 7 nitrogen and oxygen atoms in total. The number of aromatic nitrogens is 3. The molecule has 0 bridgehead atoms. The van der Waals surface area contributed by atoms with Gasteiger partial charge in [0.1, 0.15) is 11.4 Å². The van der Waals surface area contributed by atoms with E-state index >= 15 is 0 Å². The molecule has 0 aliphatic heterocycles. The number of amides is 1. The third-order valence-corrected chi connectivity index (χ3v) is 1.98. The molecule has 0 aliphatic carbocycles. The highest BCUT2D eigenvalue weighted by Gasteiger charge is 2.08. The molecule has 17 heavy (non-hydrogen) atoms. The first-order valence-corrected chi connectivity index (χ1v) is 4.66. The third kappa shape index (κ3) is 2.46. The predicted octanol–water partition coefficient (Wildman–Crippen LogP) is 0.755. The number of rotatable bonds is 3. The van der Waals surface area contributed by atoms with Crippen LogP contribution in [0.3, 0.4) is 0 Å². The molecule has 2 aromatic heterocycles. The van der Waals surface area contributed by atoms with Crippen LogP contribution >= 0.6 is 0 Å². The van der Waals surface area contributed by atoms with Crippen molar-refractivity contribution in [2.75, 3.05) is 5.32 Å². The van der Waals surface area contributed by atoms with Gasteiger partial charge in [-0.15, -0.1) is 0 Å². The Morgan fingerprint density at radius 2 is 2.12 bits per heavy atom. The lowest BCUT2D eigenvalue weighted by Crippen LogP contribution is -2.12. The van der Waals surface area contributed by atoms with Gasteiger partial charge in [-0.05, 0) is 12.1 Å². The van der Waals surface area contributed by atoms with Crippen LogP contribution in [0.2, 0.25) is 0 Å². The summed E-state index contributed by atoms with van der Waals surface area (Å²) in [5.41, 5.74) is 0.645. The maximum Gasteiger partial charge on any atom is 0.354 e. The number of H-pyrrole nitrogens is 1. The number of anilines is 1. The molecular weight excluding hydrogens is 224 g/mol. The minimum absolute atomic E-state index is 0.0791. The van der Waals surface area contributed by atoms with E-state index in [9.17, 15) is 9.59 Å². The van der Waals surface area contributed by atoms with Crippen LogP contribution in [-0.4, -0.2) is 31.9 Å². The summed E-state index contributed by atoms with van der Waals surface area (Å²) in [7, 11) is 0. The van der Waals surface area contributed by atoms with Crippen LogP contribution in [0.1, 0.15) is 21.0 Å². The Morgan fingerprint density at radius 1 is 1.29 bits per heavy atom. The third-order valence-electron chi connectivity index (χ3n) is 1.98. The van der Waals surface area contributed by atoms with Gasteiger partial charge < -0.3 is 15.4 Å². The van der Waals surface area contributed by atoms with Crippen molar-refractivity contribution in [2.24, 2.45) is 0 Å². The van der Waals surface area contributed by atoms with E-state index in [1.54, 1.807) is 0 Å². The van der Waals surface area contributed by atoms with Gasteiger partial charge in [0.2, 0.25) is 0 Å². The van der Waals surface area contributed by atoms with Gasteiger partial charge in [0.05, 0.1) is 24.4 Å². The molecule has 0 radical (unpaired) electrons. The van der Waals surface area contributed by atoms with Crippen LogP contribution in [0.5, 0.6) is 0 Å². The molecule has 0 aromatic carbocycles. The second kappa shape index (κ2) is 4.44. The molecule has 0 saturated carbocycles. The lowest BCUT2D eigenvalue weighted by Gasteiger charge is -2.02. The first-order valence-electron chi connectivity index (χ1n) is 4.66. The smallest absolute Gasteiger partial charge is 0.354 e. The first kappa shape index (κ1) is 10.8. The van der Waals surface area contributed by atoms with Gasteiger partial charge in [0.25, 0.3) is 5.91 Å². The first-order chi connectivity index (χ1) is 8.16. The van der Waals surface area contributed by atoms with Crippen molar-refractivity contribution < 1.29 is 14.7 Å². The fourth-order valence-electron chi connectivity index (χ4n) is 1.17. The quantitative estimate of drug-likeness (QED) is 0.723. The Labute approximate surface area is 95.5 Å². The van der Waals surface area contributed by atoms with Crippen LogP contribution in [0.15, 0.2) is 30.9 Å². The maximum absolute atomic E-state index is 11.6. The number of carboxylic acids is 1. The van der Waals surface area contributed by atoms with E-state index < -0.39 is 5.97 Å². The molecule has 0 spiro atoms. The summed E-state index contributed by atoms with van der Waals surface area (Å²) >= 11 is 0. The summed E-state index contributed by atoms with van der Waals surface area (Å²) in [6, 6.07) is 2.77. The Bertz CT molecular complexity index is 533. The number of carbonyl (C=O) groups excluding carboxylic acids is 1. The highest BCUT2D eigenvalue weighted by molar-refractivity contribution is 6.02. The Hall–Kier alpha value is -2.70. The standard InChI is InChI=1S/C10H8N4O3/c15-9(8-4-11-5-13-8)14-6-1-2-7(10(16)17)12-3-6/h1-5H,(H,11,13)(H,14,15)(H,16,17). The number of hydrogen-bond donors (Lipinski definition) is 3. The minimum Gasteiger partial charge on any atom is -0.477 e. The van der Waals surface area contributed by atoms with Crippen LogP contribution in [-0.2, 0) is 0 Å². The summed E-state index contributed by atoms with van der Waals surface area (Å²) in [4.78, 5) is 32.2. The summed E-state index contributed by atoms with van der Waals surface area (Å²) in [6.07, 6.45) is 4.05. The van der Waals surface area contributed by atoms with Crippen molar-refractivity contribution in [3.05, 3.63) is 42.2 Å². The lowest BCUT2D eigenvalue weighted by molar-refractivity contribution is 0.0690. The largest absolute Gasteiger partial charge is 0.477 e. The minimum atomic E-state index is -1.11. The second-order valence-electron chi connectivity index (χ2n) is 3.16. The molecule has 86 valence electrons. The molecule has 2 rings (SSSR count). The van der Waals surface area contributed by atoms with Crippen LogP contribution in [0.25, 0.3) is 0 Å². The van der Waals surface area contributed by atoms with Crippen LogP contribution in [0, 0.1) is 0 Å². The van der Waals surface area contributed by atoms with Crippen molar-refractivity contribution in [3.8, 4) is 0 Å². The summed E-state index contributed by atoms with van der Waals surface area (Å²) in [5, 5.41) is 11.2. The van der Waals surface area contributed by atoms with Crippen LogP contribution < -0.4 is 5.32 Å². The highest BCUT2D eigenvalue weighted by atomic mass is 16.4. The lowest BCUT2D eigenvalue weighted by atomic mass is 10.3. The fourth-order valence-corrected chi connectivity index (χ4v) is 1.17. The molecule has 0 atom stereocenters. The zero-order chi connectivity index (χ0) is 12.3. The molecule has 1 amide bonds. The fraction of sp³-hybridized carbons (Fsp3) is 0. The van der Waals surface area contributed by atoms with Crippen molar-refractivity contribution in [1.29, 1.82) is 0 Å². The molecule has 0 saturated heterocycles. The maximum atomic E-state index is 11.6. The molecule has 3 N–H and O–H groups in total. The molecule has 7 heteroatoms. The Morgan fingerprint density at radius 3 is 2.65 bits per heavy atom. The Balaban J connectivity index is 2.09. The molecule has 2 heterocycles. The summed E-state index contributed by atoms with van der Waals surface area (Å²) in [5.74, 6) is -1.48. The number of imidazole rings is 1. The number of nitrogens with one attached hydrogen (secondary N) is 2. The zero-order valence-corrected chi connectivity index (χ0v) is 8.54. The zero-order valence-electron chi connectivity index (χ0n) is 8.54. The summed E-state index contributed by atoms with van der Waals surface area (Å²) < 4.78 is 0. The van der Waals surface area contributed by atoms with E-state index in [2.05, 4.69) is 20.3 Å². The molecule has 0 fully saturated rings. The number of aromatic carboxylic acids is 1. The number of carboxylic acid groups (broad SMARTS) is 1. The van der Waals surface area contributed by atoms with Gasteiger partial charge in [0.15, 0.2) is 0 Å². The van der Waals surface area contributed by atoms with E-state index in [1.807, 2.05) is 0 Å². The topological polar surface area (TPSA) is 108 Å². The van der Waals surface area contributed by atoms with Gasteiger partial charge in [0, 0.05) is 0 Å². The predicted molar refractivity (Wildman–Crippen MR) is 57.7 cm³/mol. The van der Waals surface area contributed by atoms with Gasteiger partial charge in [-0.1, -0.05) is 0 Å². The molecule has 0 unspecified atom stereocenters. The molecule has 0 aliphatic rings. The molecular formula is C10H8N4O3. The van der Waals surface area contributed by atoms with Crippen molar-refractivity contribution >= 4 is 17.6 Å².